The molecule has 2 rings (SSSR count). The van der Waals surface area contributed by atoms with Crippen LogP contribution in [0.25, 0.3) is 0 Å². The highest BCUT2D eigenvalue weighted by Crippen LogP contribution is 2.22. The zero-order valence-electron chi connectivity index (χ0n) is 9.17. The van der Waals surface area contributed by atoms with Gasteiger partial charge < -0.3 is 5.32 Å². The minimum Gasteiger partial charge on any atom is -0.323 e. The van der Waals surface area contributed by atoms with Crippen LogP contribution in [0.3, 0.4) is 0 Å². The summed E-state index contributed by atoms with van der Waals surface area (Å²) in [6.45, 7) is 0.0519. The lowest BCUT2D eigenvalue weighted by atomic mass is 10.2. The van der Waals surface area contributed by atoms with Crippen molar-refractivity contribution in [2.75, 3.05) is 5.32 Å². The van der Waals surface area contributed by atoms with Crippen molar-refractivity contribution in [3.8, 4) is 6.07 Å². The van der Waals surface area contributed by atoms with Crippen LogP contribution in [-0.2, 0) is 11.3 Å². The summed E-state index contributed by atoms with van der Waals surface area (Å²) in [5.41, 5.74) is 0.898. The van der Waals surface area contributed by atoms with E-state index >= 15 is 0 Å². The zero-order valence-corrected chi connectivity index (χ0v) is 9.92. The Bertz CT molecular complexity index is 602. The minimum absolute atomic E-state index is 0.0519. The minimum atomic E-state index is -0.271. The molecule has 0 aliphatic carbocycles. The lowest BCUT2D eigenvalue weighted by molar-refractivity contribution is -0.116. The SMILES string of the molecule is N#Cc1ccc(NC(=O)Cn2cncn2)c(Cl)c1. The van der Waals surface area contributed by atoms with Gasteiger partial charge in [-0.25, -0.2) is 9.67 Å². The Balaban J connectivity index is 2.05. The molecule has 0 fully saturated rings. The van der Waals surface area contributed by atoms with E-state index in [1.807, 2.05) is 6.07 Å². The zero-order chi connectivity index (χ0) is 13.0. The molecule has 0 radical (unpaired) electrons. The molecule has 1 heterocycles. The number of carbonyl (C=O) groups excluding carboxylic acids is 1. The van der Waals surface area contributed by atoms with Gasteiger partial charge in [0, 0.05) is 0 Å². The first-order chi connectivity index (χ1) is 8.69. The summed E-state index contributed by atoms with van der Waals surface area (Å²) in [7, 11) is 0. The standard InChI is InChI=1S/C11H8ClN5O/c12-9-3-8(4-13)1-2-10(9)16-11(18)5-17-7-14-6-15-17/h1-3,6-7H,5H2,(H,16,18). The van der Waals surface area contributed by atoms with E-state index in [9.17, 15) is 4.79 Å². The molecule has 0 saturated carbocycles. The first-order valence-corrected chi connectivity index (χ1v) is 5.39. The number of halogens is 1. The normalized spacial score (nSPS) is 9.78. The van der Waals surface area contributed by atoms with Crippen LogP contribution in [0.1, 0.15) is 5.56 Å². The smallest absolute Gasteiger partial charge is 0.246 e. The number of nitrogens with one attached hydrogen (secondary N) is 1. The molecule has 0 saturated heterocycles. The van der Waals surface area contributed by atoms with Gasteiger partial charge in [-0.15, -0.1) is 0 Å². The Hall–Kier alpha value is -2.39. The number of anilines is 1. The van der Waals surface area contributed by atoms with Gasteiger partial charge in [-0.3, -0.25) is 4.79 Å². The van der Waals surface area contributed by atoms with E-state index in [-0.39, 0.29) is 12.5 Å². The summed E-state index contributed by atoms with van der Waals surface area (Å²) in [6, 6.07) is 6.62. The number of amides is 1. The van der Waals surface area contributed by atoms with Crippen molar-refractivity contribution < 1.29 is 4.79 Å². The Morgan fingerprint density at radius 3 is 3.00 bits per heavy atom. The van der Waals surface area contributed by atoms with Gasteiger partial charge in [0.2, 0.25) is 5.91 Å². The number of nitrogens with zero attached hydrogens (tertiary/aromatic N) is 4. The Morgan fingerprint density at radius 1 is 1.56 bits per heavy atom. The van der Waals surface area contributed by atoms with E-state index in [2.05, 4.69) is 15.4 Å². The van der Waals surface area contributed by atoms with Crippen molar-refractivity contribution in [3.05, 3.63) is 41.4 Å². The quantitative estimate of drug-likeness (QED) is 0.906. The molecule has 0 spiro atoms. The number of rotatable bonds is 3. The highest BCUT2D eigenvalue weighted by atomic mass is 35.5. The van der Waals surface area contributed by atoms with E-state index < -0.39 is 0 Å². The van der Waals surface area contributed by atoms with Crippen molar-refractivity contribution in [1.29, 1.82) is 5.26 Å². The van der Waals surface area contributed by atoms with Gasteiger partial charge >= 0.3 is 0 Å². The molecule has 18 heavy (non-hydrogen) atoms. The summed E-state index contributed by atoms with van der Waals surface area (Å²) in [5.74, 6) is -0.271. The third kappa shape index (κ3) is 2.84. The van der Waals surface area contributed by atoms with Gasteiger partial charge in [-0.1, -0.05) is 11.6 Å². The third-order valence-corrected chi connectivity index (χ3v) is 2.46. The summed E-state index contributed by atoms with van der Waals surface area (Å²) in [6.07, 6.45) is 2.79. The number of nitriles is 1. The first-order valence-electron chi connectivity index (χ1n) is 5.01. The molecule has 0 bridgehead atoms. The van der Waals surface area contributed by atoms with Crippen LogP contribution in [-0.4, -0.2) is 20.7 Å². The van der Waals surface area contributed by atoms with Gasteiger partial charge in [-0.05, 0) is 18.2 Å². The summed E-state index contributed by atoms with van der Waals surface area (Å²) < 4.78 is 1.40. The number of benzene rings is 1. The first kappa shape index (κ1) is 12.1. The van der Waals surface area contributed by atoms with Crippen LogP contribution >= 0.6 is 11.6 Å². The van der Waals surface area contributed by atoms with Crippen molar-refractivity contribution in [2.24, 2.45) is 0 Å². The maximum atomic E-state index is 11.7. The maximum absolute atomic E-state index is 11.7. The predicted molar refractivity (Wildman–Crippen MR) is 64.8 cm³/mol. The Kier molecular flexibility index (Phi) is 3.55. The highest BCUT2D eigenvalue weighted by Gasteiger charge is 2.07. The van der Waals surface area contributed by atoms with Crippen LogP contribution in [0.5, 0.6) is 0 Å². The van der Waals surface area contributed by atoms with Crippen molar-refractivity contribution >= 4 is 23.2 Å². The van der Waals surface area contributed by atoms with E-state index in [1.54, 1.807) is 12.1 Å². The molecule has 2 aromatic rings. The fraction of sp³-hybridized carbons (Fsp3) is 0.0909. The van der Waals surface area contributed by atoms with Crippen LogP contribution in [0.15, 0.2) is 30.9 Å². The van der Waals surface area contributed by atoms with E-state index in [0.29, 0.717) is 16.3 Å². The van der Waals surface area contributed by atoms with E-state index in [0.717, 1.165) is 0 Å². The molecule has 90 valence electrons. The lowest BCUT2D eigenvalue weighted by Gasteiger charge is -2.07. The third-order valence-electron chi connectivity index (χ3n) is 2.14. The van der Waals surface area contributed by atoms with Crippen molar-refractivity contribution in [2.45, 2.75) is 6.54 Å². The van der Waals surface area contributed by atoms with Gasteiger partial charge in [0.05, 0.1) is 22.3 Å². The number of hydrogen-bond donors (Lipinski definition) is 1. The average molecular weight is 262 g/mol. The van der Waals surface area contributed by atoms with Crippen molar-refractivity contribution in [1.82, 2.24) is 14.8 Å². The van der Waals surface area contributed by atoms with Crippen LogP contribution in [0, 0.1) is 11.3 Å². The van der Waals surface area contributed by atoms with Crippen molar-refractivity contribution in [3.63, 3.8) is 0 Å². The van der Waals surface area contributed by atoms with Crippen LogP contribution in [0.4, 0.5) is 5.69 Å². The maximum Gasteiger partial charge on any atom is 0.246 e. The van der Waals surface area contributed by atoms with E-state index in [1.165, 1.54) is 23.4 Å². The largest absolute Gasteiger partial charge is 0.323 e. The molecule has 1 aromatic carbocycles. The van der Waals surface area contributed by atoms with Crippen LogP contribution < -0.4 is 5.32 Å². The Labute approximate surface area is 108 Å². The molecule has 1 amide bonds. The molecular formula is C11H8ClN5O. The molecule has 1 aromatic heterocycles. The fourth-order valence-electron chi connectivity index (χ4n) is 1.34. The summed E-state index contributed by atoms with van der Waals surface area (Å²) in [4.78, 5) is 15.4. The average Bonchev–Trinajstić information content (AvgIpc) is 2.84. The summed E-state index contributed by atoms with van der Waals surface area (Å²) in [5, 5.41) is 15.5. The fourth-order valence-corrected chi connectivity index (χ4v) is 1.57. The number of aromatic nitrogens is 3. The molecule has 7 heteroatoms. The number of hydrogen-bond acceptors (Lipinski definition) is 4. The molecule has 6 nitrogen and oxygen atoms in total. The number of carbonyl (C=O) groups is 1. The molecule has 0 aliphatic heterocycles. The summed E-state index contributed by atoms with van der Waals surface area (Å²) >= 11 is 5.93. The predicted octanol–water partition coefficient (Wildman–Crippen LogP) is 1.44. The van der Waals surface area contributed by atoms with Gasteiger partial charge in [0.15, 0.2) is 0 Å². The van der Waals surface area contributed by atoms with Crippen LogP contribution in [0.2, 0.25) is 5.02 Å². The Morgan fingerprint density at radius 2 is 2.39 bits per heavy atom. The molecule has 1 N–H and O–H groups in total. The van der Waals surface area contributed by atoms with Gasteiger partial charge in [-0.2, -0.15) is 10.4 Å². The molecule has 0 unspecified atom stereocenters. The van der Waals surface area contributed by atoms with Gasteiger partial charge in [0.1, 0.15) is 19.2 Å². The molecular weight excluding hydrogens is 254 g/mol. The highest BCUT2D eigenvalue weighted by molar-refractivity contribution is 6.33. The lowest BCUT2D eigenvalue weighted by Crippen LogP contribution is -2.19. The topological polar surface area (TPSA) is 83.6 Å². The second-order valence-corrected chi connectivity index (χ2v) is 3.85. The second-order valence-electron chi connectivity index (χ2n) is 3.45. The molecule has 0 aliphatic rings. The second kappa shape index (κ2) is 5.29. The van der Waals surface area contributed by atoms with E-state index in [4.69, 9.17) is 16.9 Å². The molecule has 0 atom stereocenters. The van der Waals surface area contributed by atoms with Gasteiger partial charge in [0.25, 0.3) is 0 Å². The monoisotopic (exact) mass is 261 g/mol.